The third kappa shape index (κ3) is 3.73. The van der Waals surface area contributed by atoms with Crippen LogP contribution >= 0.6 is 11.3 Å². The average molecular weight is 345 g/mol. The molecule has 2 aromatic rings. The molecule has 1 saturated heterocycles. The normalized spacial score (nSPS) is 17.1. The Hall–Kier alpha value is -2.01. The van der Waals surface area contributed by atoms with Gasteiger partial charge < -0.3 is 14.4 Å². The van der Waals surface area contributed by atoms with Crippen molar-refractivity contribution < 1.29 is 14.3 Å². The van der Waals surface area contributed by atoms with Gasteiger partial charge in [-0.15, -0.1) is 11.3 Å². The highest BCUT2D eigenvalue weighted by Crippen LogP contribution is 2.28. The molecule has 0 radical (unpaired) electrons. The second-order valence-electron chi connectivity index (χ2n) is 6.13. The van der Waals surface area contributed by atoms with Gasteiger partial charge in [0.1, 0.15) is 0 Å². The van der Waals surface area contributed by atoms with Gasteiger partial charge in [-0.2, -0.15) is 0 Å². The van der Waals surface area contributed by atoms with Gasteiger partial charge in [0.05, 0.1) is 18.6 Å². The van der Waals surface area contributed by atoms with Gasteiger partial charge in [-0.3, -0.25) is 4.79 Å². The zero-order valence-electron chi connectivity index (χ0n) is 14.2. The van der Waals surface area contributed by atoms with E-state index >= 15 is 0 Å². The molecule has 2 heterocycles. The first-order chi connectivity index (χ1) is 11.7. The lowest BCUT2D eigenvalue weighted by Gasteiger charge is -2.16. The molecular formula is C19H23NO3S. The average Bonchev–Trinajstić information content (AvgIpc) is 3.24. The van der Waals surface area contributed by atoms with E-state index in [1.165, 1.54) is 11.3 Å². The van der Waals surface area contributed by atoms with E-state index < -0.39 is 0 Å². The van der Waals surface area contributed by atoms with E-state index in [1.54, 1.807) is 7.11 Å². The topological polar surface area (TPSA) is 38.8 Å². The number of ether oxygens (including phenoxy) is 2. The summed E-state index contributed by atoms with van der Waals surface area (Å²) >= 11 is 1.54. The molecule has 1 atom stereocenters. The van der Waals surface area contributed by atoms with Gasteiger partial charge in [0.25, 0.3) is 5.91 Å². The molecular weight excluding hydrogens is 322 g/mol. The zero-order valence-corrected chi connectivity index (χ0v) is 15.0. The van der Waals surface area contributed by atoms with Crippen LogP contribution in [0.2, 0.25) is 0 Å². The number of thiophene rings is 1. The summed E-state index contributed by atoms with van der Waals surface area (Å²) < 4.78 is 11.1. The highest BCUT2D eigenvalue weighted by Gasteiger charge is 2.28. The molecule has 0 spiro atoms. The maximum Gasteiger partial charge on any atom is 0.264 e. The molecule has 0 N–H and O–H groups in total. The third-order valence-corrected chi connectivity index (χ3v) is 5.49. The van der Waals surface area contributed by atoms with E-state index in [0.717, 1.165) is 47.9 Å². The van der Waals surface area contributed by atoms with E-state index in [9.17, 15) is 4.79 Å². The zero-order chi connectivity index (χ0) is 16.9. The quantitative estimate of drug-likeness (QED) is 0.794. The van der Waals surface area contributed by atoms with Gasteiger partial charge in [0.15, 0.2) is 11.5 Å². The summed E-state index contributed by atoms with van der Waals surface area (Å²) in [5, 5.41) is 1.98. The van der Waals surface area contributed by atoms with Crippen LogP contribution in [0.3, 0.4) is 0 Å². The van der Waals surface area contributed by atoms with Crippen molar-refractivity contribution in [2.45, 2.75) is 19.8 Å². The van der Waals surface area contributed by atoms with Crippen molar-refractivity contribution in [2.24, 2.45) is 5.92 Å². The number of nitrogens with zero attached hydrogens (tertiary/aromatic N) is 1. The Balaban J connectivity index is 1.48. The monoisotopic (exact) mass is 345 g/mol. The summed E-state index contributed by atoms with van der Waals surface area (Å²) in [5.41, 5.74) is 1.08. The molecule has 1 fully saturated rings. The molecule has 3 rings (SSSR count). The van der Waals surface area contributed by atoms with Crippen LogP contribution in [-0.4, -0.2) is 37.6 Å². The largest absolute Gasteiger partial charge is 0.493 e. The number of hydrogen-bond donors (Lipinski definition) is 0. The van der Waals surface area contributed by atoms with Gasteiger partial charge in [0, 0.05) is 13.1 Å². The minimum absolute atomic E-state index is 0.177. The molecule has 24 heavy (non-hydrogen) atoms. The minimum Gasteiger partial charge on any atom is -0.493 e. The lowest BCUT2D eigenvalue weighted by atomic mass is 10.1. The lowest BCUT2D eigenvalue weighted by molar-refractivity contribution is 0.0789. The van der Waals surface area contributed by atoms with Crippen LogP contribution in [0, 0.1) is 12.8 Å². The summed E-state index contributed by atoms with van der Waals surface area (Å²) in [6.07, 6.45) is 2.00. The first-order valence-corrected chi connectivity index (χ1v) is 9.16. The number of amides is 1. The van der Waals surface area contributed by atoms with Gasteiger partial charge in [0.2, 0.25) is 0 Å². The summed E-state index contributed by atoms with van der Waals surface area (Å²) in [5.74, 6) is 2.22. The summed E-state index contributed by atoms with van der Waals surface area (Å²) in [7, 11) is 1.65. The smallest absolute Gasteiger partial charge is 0.264 e. The van der Waals surface area contributed by atoms with Crippen molar-refractivity contribution in [3.8, 4) is 11.5 Å². The van der Waals surface area contributed by atoms with Gasteiger partial charge in [-0.1, -0.05) is 12.1 Å². The summed E-state index contributed by atoms with van der Waals surface area (Å²) in [6, 6.07) is 9.69. The summed E-state index contributed by atoms with van der Waals surface area (Å²) in [6.45, 7) is 4.31. The van der Waals surface area contributed by atoms with Crippen molar-refractivity contribution in [1.29, 1.82) is 0 Å². The number of hydrogen-bond acceptors (Lipinski definition) is 4. The van der Waals surface area contributed by atoms with E-state index in [0.29, 0.717) is 12.5 Å². The maximum atomic E-state index is 12.5. The lowest BCUT2D eigenvalue weighted by Crippen LogP contribution is -2.28. The Morgan fingerprint density at radius 2 is 2.08 bits per heavy atom. The number of carbonyl (C=O) groups is 1. The van der Waals surface area contributed by atoms with Crippen LogP contribution in [0.25, 0.3) is 0 Å². The molecule has 1 aromatic carbocycles. The van der Waals surface area contributed by atoms with E-state index in [2.05, 4.69) is 0 Å². The Morgan fingerprint density at radius 1 is 1.29 bits per heavy atom. The number of methoxy groups -OCH3 is 1. The first-order valence-electron chi connectivity index (χ1n) is 8.28. The standard InChI is InChI=1S/C19H23NO3S/c1-14-9-12-24-18(14)19(21)20-10-7-15(13-20)8-11-23-17-6-4-3-5-16(17)22-2/h3-6,9,12,15H,7-8,10-11,13H2,1-2H3. The number of benzene rings is 1. The SMILES string of the molecule is COc1ccccc1OCCC1CCN(C(=O)c2sccc2C)C1. The second-order valence-corrected chi connectivity index (χ2v) is 7.04. The van der Waals surface area contributed by atoms with Gasteiger partial charge in [-0.25, -0.2) is 0 Å². The Labute approximate surface area is 147 Å². The molecule has 1 amide bonds. The van der Waals surface area contributed by atoms with E-state index in [4.69, 9.17) is 9.47 Å². The van der Waals surface area contributed by atoms with Gasteiger partial charge in [-0.05, 0) is 54.8 Å². The van der Waals surface area contributed by atoms with E-state index in [1.807, 2.05) is 47.5 Å². The number of likely N-dealkylation sites (tertiary alicyclic amines) is 1. The van der Waals surface area contributed by atoms with E-state index in [-0.39, 0.29) is 5.91 Å². The highest BCUT2D eigenvalue weighted by atomic mass is 32.1. The van der Waals surface area contributed by atoms with Crippen molar-refractivity contribution in [1.82, 2.24) is 4.90 Å². The maximum absolute atomic E-state index is 12.5. The molecule has 0 saturated carbocycles. The van der Waals surface area contributed by atoms with Crippen LogP contribution in [0.15, 0.2) is 35.7 Å². The first kappa shape index (κ1) is 16.8. The number of para-hydroxylation sites is 2. The van der Waals surface area contributed by atoms with Crippen molar-refractivity contribution in [2.75, 3.05) is 26.8 Å². The van der Waals surface area contributed by atoms with Crippen LogP contribution in [0.5, 0.6) is 11.5 Å². The number of carbonyl (C=O) groups excluding carboxylic acids is 1. The second kappa shape index (κ2) is 7.71. The predicted octanol–water partition coefficient (Wildman–Crippen LogP) is 4.00. The molecule has 0 bridgehead atoms. The van der Waals surface area contributed by atoms with Crippen LogP contribution in [0.1, 0.15) is 28.1 Å². The van der Waals surface area contributed by atoms with Crippen LogP contribution in [0.4, 0.5) is 0 Å². The molecule has 1 aliphatic rings. The van der Waals surface area contributed by atoms with Crippen molar-refractivity contribution in [3.63, 3.8) is 0 Å². The molecule has 0 aliphatic carbocycles. The fraction of sp³-hybridized carbons (Fsp3) is 0.421. The van der Waals surface area contributed by atoms with Crippen molar-refractivity contribution in [3.05, 3.63) is 46.2 Å². The molecule has 1 aromatic heterocycles. The summed E-state index contributed by atoms with van der Waals surface area (Å²) in [4.78, 5) is 15.4. The number of aryl methyl sites for hydroxylation is 1. The molecule has 4 nitrogen and oxygen atoms in total. The third-order valence-electron chi connectivity index (χ3n) is 4.48. The van der Waals surface area contributed by atoms with Gasteiger partial charge >= 0.3 is 0 Å². The minimum atomic E-state index is 0.177. The number of rotatable bonds is 6. The highest BCUT2D eigenvalue weighted by molar-refractivity contribution is 7.12. The molecule has 1 unspecified atom stereocenters. The molecule has 5 heteroatoms. The fourth-order valence-electron chi connectivity index (χ4n) is 3.06. The van der Waals surface area contributed by atoms with Crippen LogP contribution < -0.4 is 9.47 Å². The molecule has 128 valence electrons. The van der Waals surface area contributed by atoms with Crippen LogP contribution in [-0.2, 0) is 0 Å². The molecule has 1 aliphatic heterocycles. The predicted molar refractivity (Wildman–Crippen MR) is 96.2 cm³/mol. The van der Waals surface area contributed by atoms with Crippen molar-refractivity contribution >= 4 is 17.2 Å². The Kier molecular flexibility index (Phi) is 5.41. The Morgan fingerprint density at radius 3 is 2.79 bits per heavy atom. The fourth-order valence-corrected chi connectivity index (χ4v) is 3.95. The Bertz CT molecular complexity index is 697.